The standard InChI is InChI=1S/C19H17BrN2O3/c1-25-14-5-2-12(3-6-14)8-9-21-19(24)18(23)16-11-22-17-7-4-13(20)10-15(16)17/h2-7,10-11,22H,8-9H2,1H3,(H,21,24). The van der Waals surface area contributed by atoms with E-state index in [-0.39, 0.29) is 0 Å². The first-order chi connectivity index (χ1) is 12.1. The molecular formula is C19H17BrN2O3. The Morgan fingerprint density at radius 2 is 1.92 bits per heavy atom. The van der Waals surface area contributed by atoms with Gasteiger partial charge in [-0.2, -0.15) is 0 Å². The first-order valence-corrected chi connectivity index (χ1v) is 8.60. The molecule has 128 valence electrons. The van der Waals surface area contributed by atoms with Gasteiger partial charge in [-0.1, -0.05) is 28.1 Å². The summed E-state index contributed by atoms with van der Waals surface area (Å²) < 4.78 is 5.96. The predicted molar refractivity (Wildman–Crippen MR) is 100 cm³/mol. The summed E-state index contributed by atoms with van der Waals surface area (Å²) in [7, 11) is 1.62. The van der Waals surface area contributed by atoms with Gasteiger partial charge in [0.1, 0.15) is 5.75 Å². The molecule has 0 saturated carbocycles. The second-order valence-corrected chi connectivity index (χ2v) is 6.49. The third kappa shape index (κ3) is 3.91. The van der Waals surface area contributed by atoms with Crippen molar-refractivity contribution in [3.63, 3.8) is 0 Å². The molecular weight excluding hydrogens is 384 g/mol. The molecule has 2 aromatic carbocycles. The number of carbonyl (C=O) groups is 2. The van der Waals surface area contributed by atoms with Crippen molar-refractivity contribution in [3.8, 4) is 5.75 Å². The van der Waals surface area contributed by atoms with Crippen molar-refractivity contribution in [1.29, 1.82) is 0 Å². The maximum absolute atomic E-state index is 12.4. The van der Waals surface area contributed by atoms with Crippen molar-refractivity contribution >= 4 is 38.5 Å². The summed E-state index contributed by atoms with van der Waals surface area (Å²) in [5.74, 6) is -0.359. The fourth-order valence-corrected chi connectivity index (χ4v) is 2.96. The molecule has 2 N–H and O–H groups in total. The van der Waals surface area contributed by atoms with Gasteiger partial charge < -0.3 is 15.0 Å². The molecule has 0 atom stereocenters. The SMILES string of the molecule is COc1ccc(CCNC(=O)C(=O)c2c[nH]c3ccc(Br)cc23)cc1. The van der Waals surface area contributed by atoms with Gasteiger partial charge in [0.2, 0.25) is 0 Å². The smallest absolute Gasteiger partial charge is 0.292 e. The highest BCUT2D eigenvalue weighted by Gasteiger charge is 2.19. The van der Waals surface area contributed by atoms with Crippen LogP contribution in [0.3, 0.4) is 0 Å². The largest absolute Gasteiger partial charge is 0.497 e. The number of hydrogen-bond acceptors (Lipinski definition) is 3. The highest BCUT2D eigenvalue weighted by atomic mass is 79.9. The van der Waals surface area contributed by atoms with Crippen molar-refractivity contribution < 1.29 is 14.3 Å². The number of carbonyl (C=O) groups excluding carboxylic acids is 2. The first kappa shape index (κ1) is 17.2. The minimum absolute atomic E-state index is 0.373. The van der Waals surface area contributed by atoms with Crippen LogP contribution in [0.5, 0.6) is 5.75 Å². The Kier molecular flexibility index (Phi) is 5.19. The normalized spacial score (nSPS) is 10.6. The molecule has 0 aliphatic carbocycles. The molecule has 3 aromatic rings. The summed E-state index contributed by atoms with van der Waals surface area (Å²) in [5, 5.41) is 3.41. The number of nitrogens with one attached hydrogen (secondary N) is 2. The fourth-order valence-electron chi connectivity index (χ4n) is 2.60. The summed E-state index contributed by atoms with van der Waals surface area (Å²) in [4.78, 5) is 27.6. The van der Waals surface area contributed by atoms with Crippen molar-refractivity contribution in [3.05, 3.63) is 64.3 Å². The van der Waals surface area contributed by atoms with Crippen molar-refractivity contribution in [1.82, 2.24) is 10.3 Å². The van der Waals surface area contributed by atoms with E-state index in [0.29, 0.717) is 18.5 Å². The number of aromatic amines is 1. The maximum Gasteiger partial charge on any atom is 0.292 e. The third-order valence-electron chi connectivity index (χ3n) is 3.95. The molecule has 3 rings (SSSR count). The molecule has 0 radical (unpaired) electrons. The average molecular weight is 401 g/mol. The van der Waals surface area contributed by atoms with Crippen LogP contribution in [-0.2, 0) is 11.2 Å². The molecule has 1 aromatic heterocycles. The molecule has 1 heterocycles. The molecule has 0 aliphatic rings. The number of methoxy groups -OCH3 is 1. The van der Waals surface area contributed by atoms with Crippen LogP contribution in [0.15, 0.2) is 53.1 Å². The van der Waals surface area contributed by atoms with Crippen LogP contribution in [0.2, 0.25) is 0 Å². The number of H-pyrrole nitrogens is 1. The molecule has 0 fully saturated rings. The minimum atomic E-state index is -0.602. The van der Waals surface area contributed by atoms with Crippen LogP contribution in [0.4, 0.5) is 0 Å². The number of fused-ring (bicyclic) bond motifs is 1. The molecule has 5 nitrogen and oxygen atoms in total. The van der Waals surface area contributed by atoms with Crippen LogP contribution < -0.4 is 10.1 Å². The number of rotatable bonds is 6. The zero-order chi connectivity index (χ0) is 17.8. The Hall–Kier alpha value is -2.60. The zero-order valence-corrected chi connectivity index (χ0v) is 15.2. The van der Waals surface area contributed by atoms with E-state index in [1.54, 1.807) is 13.3 Å². The Labute approximate surface area is 153 Å². The van der Waals surface area contributed by atoms with Gasteiger partial charge in [-0.3, -0.25) is 9.59 Å². The highest BCUT2D eigenvalue weighted by Crippen LogP contribution is 2.23. The number of Topliss-reactive ketones (excluding diaryl/α,β-unsaturated/α-hetero) is 1. The van der Waals surface area contributed by atoms with E-state index in [1.807, 2.05) is 42.5 Å². The number of amides is 1. The van der Waals surface area contributed by atoms with Crippen molar-refractivity contribution in [2.45, 2.75) is 6.42 Å². The van der Waals surface area contributed by atoms with Gasteiger partial charge in [0.15, 0.2) is 0 Å². The van der Waals surface area contributed by atoms with Crippen LogP contribution in [0.1, 0.15) is 15.9 Å². The summed E-state index contributed by atoms with van der Waals surface area (Å²) in [6.45, 7) is 0.392. The Morgan fingerprint density at radius 3 is 2.64 bits per heavy atom. The molecule has 6 heteroatoms. The van der Waals surface area contributed by atoms with E-state index < -0.39 is 11.7 Å². The molecule has 0 unspecified atom stereocenters. The lowest BCUT2D eigenvalue weighted by atomic mass is 10.1. The number of halogens is 1. The number of aromatic nitrogens is 1. The average Bonchev–Trinajstić information content (AvgIpc) is 3.04. The summed E-state index contributed by atoms with van der Waals surface area (Å²) in [6, 6.07) is 13.2. The lowest BCUT2D eigenvalue weighted by Gasteiger charge is -2.05. The Bertz CT molecular complexity index is 916. The molecule has 0 aliphatic heterocycles. The van der Waals surface area contributed by atoms with Crippen molar-refractivity contribution in [2.24, 2.45) is 0 Å². The van der Waals surface area contributed by atoms with E-state index in [4.69, 9.17) is 4.74 Å². The molecule has 0 saturated heterocycles. The summed E-state index contributed by atoms with van der Waals surface area (Å²) in [5.41, 5.74) is 2.25. The lowest BCUT2D eigenvalue weighted by molar-refractivity contribution is -0.116. The van der Waals surface area contributed by atoms with E-state index in [9.17, 15) is 9.59 Å². The van der Waals surface area contributed by atoms with Crippen molar-refractivity contribution in [2.75, 3.05) is 13.7 Å². The highest BCUT2D eigenvalue weighted by molar-refractivity contribution is 9.10. The Balaban J connectivity index is 1.62. The van der Waals surface area contributed by atoms with Crippen LogP contribution >= 0.6 is 15.9 Å². The topological polar surface area (TPSA) is 71.2 Å². The molecule has 0 spiro atoms. The third-order valence-corrected chi connectivity index (χ3v) is 4.45. The second kappa shape index (κ2) is 7.53. The molecule has 25 heavy (non-hydrogen) atoms. The molecule has 0 bridgehead atoms. The van der Waals surface area contributed by atoms with E-state index in [2.05, 4.69) is 26.2 Å². The summed E-state index contributed by atoms with van der Waals surface area (Å²) in [6.07, 6.45) is 2.21. The quantitative estimate of drug-likeness (QED) is 0.491. The van der Waals surface area contributed by atoms with E-state index >= 15 is 0 Å². The first-order valence-electron chi connectivity index (χ1n) is 7.80. The van der Waals surface area contributed by atoms with Crippen LogP contribution in [0, 0.1) is 0 Å². The van der Waals surface area contributed by atoms with Gasteiger partial charge in [0.05, 0.1) is 12.7 Å². The number of ether oxygens (including phenoxy) is 1. The number of ketones is 1. The Morgan fingerprint density at radius 1 is 1.16 bits per heavy atom. The van der Waals surface area contributed by atoms with E-state index in [0.717, 1.165) is 26.7 Å². The predicted octanol–water partition coefficient (Wildman–Crippen LogP) is 3.48. The minimum Gasteiger partial charge on any atom is -0.497 e. The van der Waals surface area contributed by atoms with Gasteiger partial charge in [-0.25, -0.2) is 0 Å². The fraction of sp³-hybridized carbons (Fsp3) is 0.158. The summed E-state index contributed by atoms with van der Waals surface area (Å²) >= 11 is 3.38. The van der Waals surface area contributed by atoms with Gasteiger partial charge in [-0.15, -0.1) is 0 Å². The number of benzene rings is 2. The van der Waals surface area contributed by atoms with Gasteiger partial charge in [-0.05, 0) is 42.3 Å². The van der Waals surface area contributed by atoms with E-state index in [1.165, 1.54) is 0 Å². The molecule has 1 amide bonds. The lowest BCUT2D eigenvalue weighted by Crippen LogP contribution is -2.32. The zero-order valence-electron chi connectivity index (χ0n) is 13.6. The number of hydrogen-bond donors (Lipinski definition) is 2. The maximum atomic E-state index is 12.4. The van der Waals surface area contributed by atoms with Gasteiger partial charge in [0, 0.05) is 28.1 Å². The van der Waals surface area contributed by atoms with Crippen LogP contribution in [-0.4, -0.2) is 30.3 Å². The second-order valence-electron chi connectivity index (χ2n) is 5.58. The van der Waals surface area contributed by atoms with Gasteiger partial charge >= 0.3 is 0 Å². The van der Waals surface area contributed by atoms with Crippen LogP contribution in [0.25, 0.3) is 10.9 Å². The monoisotopic (exact) mass is 400 g/mol. The van der Waals surface area contributed by atoms with Gasteiger partial charge in [0.25, 0.3) is 11.7 Å².